The molecule has 1 aromatic rings. The molecule has 3 heteroatoms. The molecule has 0 saturated carbocycles. The fourth-order valence-electron chi connectivity index (χ4n) is 1.55. The summed E-state index contributed by atoms with van der Waals surface area (Å²) in [7, 11) is 3.50. The fraction of sp³-hybridized carbons (Fsp3) is 0.500. The van der Waals surface area contributed by atoms with Crippen molar-refractivity contribution in [3.63, 3.8) is 0 Å². The summed E-state index contributed by atoms with van der Waals surface area (Å²) in [6.45, 7) is 2.80. The molecule has 0 bridgehead atoms. The summed E-state index contributed by atoms with van der Waals surface area (Å²) < 4.78 is 5.22. The molecule has 0 heterocycles. The number of hydrogen-bond acceptors (Lipinski definition) is 3. The van der Waals surface area contributed by atoms with Gasteiger partial charge >= 0.3 is 0 Å². The van der Waals surface area contributed by atoms with Crippen molar-refractivity contribution >= 4 is 0 Å². The third-order valence-electron chi connectivity index (χ3n) is 2.41. The van der Waals surface area contributed by atoms with E-state index < -0.39 is 6.10 Å². The maximum absolute atomic E-state index is 9.97. The van der Waals surface area contributed by atoms with Gasteiger partial charge in [0.2, 0.25) is 0 Å². The maximum Gasteiger partial charge on any atom is 0.124 e. The van der Waals surface area contributed by atoms with Crippen LogP contribution in [0, 0.1) is 6.92 Å². The third-order valence-corrected chi connectivity index (χ3v) is 2.41. The van der Waals surface area contributed by atoms with E-state index in [-0.39, 0.29) is 0 Å². The number of aryl methyl sites for hydroxylation is 1. The molecule has 0 aliphatic heterocycles. The molecule has 0 radical (unpaired) electrons. The molecule has 0 saturated heterocycles. The number of aliphatic hydroxyl groups excluding tert-OH is 1. The number of aliphatic hydroxyl groups is 1. The van der Waals surface area contributed by atoms with Gasteiger partial charge in [-0.1, -0.05) is 11.6 Å². The van der Waals surface area contributed by atoms with Crippen LogP contribution in [0.4, 0.5) is 0 Å². The maximum atomic E-state index is 9.97. The van der Waals surface area contributed by atoms with E-state index in [0.717, 1.165) is 23.4 Å². The van der Waals surface area contributed by atoms with Crippen molar-refractivity contribution < 1.29 is 9.84 Å². The van der Waals surface area contributed by atoms with Crippen LogP contribution in [0.2, 0.25) is 0 Å². The Kier molecular flexibility index (Phi) is 4.59. The minimum absolute atomic E-state index is 0.465. The standard InChI is InChI=1S/C12H19NO2/c1-9-4-5-12(15-3)10(8-9)11(14)6-7-13-2/h4-5,8,11,13-14H,6-7H2,1-3H3. The number of ether oxygens (including phenoxy) is 1. The van der Waals surface area contributed by atoms with Gasteiger partial charge in [-0.3, -0.25) is 0 Å². The van der Waals surface area contributed by atoms with Crippen molar-refractivity contribution in [2.45, 2.75) is 19.4 Å². The molecule has 0 aliphatic rings. The lowest BCUT2D eigenvalue weighted by Gasteiger charge is -2.15. The molecule has 0 amide bonds. The fourth-order valence-corrected chi connectivity index (χ4v) is 1.55. The highest BCUT2D eigenvalue weighted by Gasteiger charge is 2.12. The first-order chi connectivity index (χ1) is 7.19. The first kappa shape index (κ1) is 12.0. The van der Waals surface area contributed by atoms with E-state index in [1.165, 1.54) is 0 Å². The topological polar surface area (TPSA) is 41.5 Å². The Labute approximate surface area is 91.1 Å². The Bertz CT molecular complexity index is 312. The summed E-state index contributed by atoms with van der Waals surface area (Å²) in [5, 5.41) is 13.0. The van der Waals surface area contributed by atoms with Gasteiger partial charge in [0.1, 0.15) is 5.75 Å². The van der Waals surface area contributed by atoms with Gasteiger partial charge in [-0.05, 0) is 39.1 Å². The van der Waals surface area contributed by atoms with E-state index in [4.69, 9.17) is 4.74 Å². The van der Waals surface area contributed by atoms with E-state index in [2.05, 4.69) is 5.32 Å². The molecule has 1 rings (SSSR count). The highest BCUT2D eigenvalue weighted by molar-refractivity contribution is 5.38. The Balaban J connectivity index is 2.85. The van der Waals surface area contributed by atoms with Crippen LogP contribution in [0.5, 0.6) is 5.75 Å². The lowest BCUT2D eigenvalue weighted by Crippen LogP contribution is -2.12. The predicted octanol–water partition coefficient (Wildman–Crippen LogP) is 1.65. The molecule has 3 nitrogen and oxygen atoms in total. The summed E-state index contributed by atoms with van der Waals surface area (Å²) in [6, 6.07) is 5.85. The first-order valence-corrected chi connectivity index (χ1v) is 5.16. The van der Waals surface area contributed by atoms with Crippen molar-refractivity contribution in [1.29, 1.82) is 0 Å². The van der Waals surface area contributed by atoms with Crippen LogP contribution in [-0.2, 0) is 0 Å². The van der Waals surface area contributed by atoms with Gasteiger partial charge in [-0.25, -0.2) is 0 Å². The van der Waals surface area contributed by atoms with Crippen molar-refractivity contribution in [2.75, 3.05) is 20.7 Å². The first-order valence-electron chi connectivity index (χ1n) is 5.16. The predicted molar refractivity (Wildman–Crippen MR) is 61.2 cm³/mol. The number of nitrogens with one attached hydrogen (secondary N) is 1. The van der Waals surface area contributed by atoms with E-state index in [1.54, 1.807) is 7.11 Å². The van der Waals surface area contributed by atoms with Crippen molar-refractivity contribution in [3.05, 3.63) is 29.3 Å². The minimum atomic E-state index is -0.465. The van der Waals surface area contributed by atoms with Gasteiger partial charge in [-0.15, -0.1) is 0 Å². The monoisotopic (exact) mass is 209 g/mol. The summed E-state index contributed by atoms with van der Waals surface area (Å²) in [5.74, 6) is 0.754. The smallest absolute Gasteiger partial charge is 0.124 e. The van der Waals surface area contributed by atoms with Crippen molar-refractivity contribution in [3.8, 4) is 5.75 Å². The molecule has 1 unspecified atom stereocenters. The average Bonchev–Trinajstić information content (AvgIpc) is 2.25. The zero-order chi connectivity index (χ0) is 11.3. The average molecular weight is 209 g/mol. The van der Waals surface area contributed by atoms with Gasteiger partial charge in [0.05, 0.1) is 13.2 Å². The molecule has 2 N–H and O–H groups in total. The number of methoxy groups -OCH3 is 1. The lowest BCUT2D eigenvalue weighted by molar-refractivity contribution is 0.163. The summed E-state index contributed by atoms with van der Waals surface area (Å²) in [6.07, 6.45) is 0.225. The van der Waals surface area contributed by atoms with Crippen molar-refractivity contribution in [2.24, 2.45) is 0 Å². The van der Waals surface area contributed by atoms with Gasteiger partial charge in [-0.2, -0.15) is 0 Å². The highest BCUT2D eigenvalue weighted by Crippen LogP contribution is 2.27. The van der Waals surface area contributed by atoms with Gasteiger partial charge in [0.15, 0.2) is 0 Å². The normalized spacial score (nSPS) is 12.5. The Morgan fingerprint density at radius 3 is 2.80 bits per heavy atom. The number of hydrogen-bond donors (Lipinski definition) is 2. The van der Waals surface area contributed by atoms with Crippen molar-refractivity contribution in [1.82, 2.24) is 5.32 Å². The van der Waals surface area contributed by atoms with Crippen LogP contribution >= 0.6 is 0 Å². The zero-order valence-electron chi connectivity index (χ0n) is 9.58. The molecule has 0 spiro atoms. The quantitative estimate of drug-likeness (QED) is 0.774. The summed E-state index contributed by atoms with van der Waals surface area (Å²) >= 11 is 0. The number of rotatable bonds is 5. The third kappa shape index (κ3) is 3.22. The Hall–Kier alpha value is -1.06. The van der Waals surface area contributed by atoms with E-state index in [9.17, 15) is 5.11 Å². The molecule has 0 fully saturated rings. The van der Waals surface area contributed by atoms with Crippen LogP contribution in [0.1, 0.15) is 23.7 Å². The van der Waals surface area contributed by atoms with Crippen LogP contribution in [0.25, 0.3) is 0 Å². The molecule has 1 aromatic carbocycles. The zero-order valence-corrected chi connectivity index (χ0v) is 9.58. The molecule has 0 aromatic heterocycles. The molecular formula is C12H19NO2. The summed E-state index contributed by atoms with van der Waals surface area (Å²) in [4.78, 5) is 0. The van der Waals surface area contributed by atoms with Gasteiger partial charge in [0, 0.05) is 5.56 Å². The largest absolute Gasteiger partial charge is 0.496 e. The Morgan fingerprint density at radius 1 is 1.47 bits per heavy atom. The van der Waals surface area contributed by atoms with E-state index in [0.29, 0.717) is 6.42 Å². The van der Waals surface area contributed by atoms with E-state index >= 15 is 0 Å². The molecule has 0 aliphatic carbocycles. The molecule has 15 heavy (non-hydrogen) atoms. The van der Waals surface area contributed by atoms with E-state index in [1.807, 2.05) is 32.2 Å². The second-order valence-electron chi connectivity index (χ2n) is 3.65. The van der Waals surface area contributed by atoms with Gasteiger partial charge in [0.25, 0.3) is 0 Å². The SMILES string of the molecule is CNCCC(O)c1cc(C)ccc1OC. The van der Waals surface area contributed by atoms with Crippen LogP contribution < -0.4 is 10.1 Å². The van der Waals surface area contributed by atoms with Gasteiger partial charge < -0.3 is 15.2 Å². The molecule has 84 valence electrons. The molecule has 1 atom stereocenters. The number of benzene rings is 1. The minimum Gasteiger partial charge on any atom is -0.496 e. The van der Waals surface area contributed by atoms with Crippen LogP contribution in [-0.4, -0.2) is 25.8 Å². The molecular weight excluding hydrogens is 190 g/mol. The highest BCUT2D eigenvalue weighted by atomic mass is 16.5. The summed E-state index contributed by atoms with van der Waals surface area (Å²) in [5.41, 5.74) is 2.00. The lowest BCUT2D eigenvalue weighted by atomic mass is 10.0. The second kappa shape index (κ2) is 5.73. The Morgan fingerprint density at radius 2 is 2.20 bits per heavy atom. The van der Waals surface area contributed by atoms with Crippen LogP contribution in [0.15, 0.2) is 18.2 Å². The second-order valence-corrected chi connectivity index (χ2v) is 3.65. The van der Waals surface area contributed by atoms with Crippen LogP contribution in [0.3, 0.4) is 0 Å².